The molecule has 1 aliphatic heterocycles. The van der Waals surface area contributed by atoms with Crippen LogP contribution in [-0.2, 0) is 0 Å². The van der Waals surface area contributed by atoms with E-state index in [1.165, 1.54) is 23.4 Å². The van der Waals surface area contributed by atoms with Crippen molar-refractivity contribution >= 4 is 0 Å². The highest BCUT2D eigenvalue weighted by Crippen LogP contribution is 2.31. The highest BCUT2D eigenvalue weighted by molar-refractivity contribution is 5.23. The number of piperidine rings is 1. The van der Waals surface area contributed by atoms with Crippen LogP contribution < -0.4 is 0 Å². The molecule has 0 bridgehead atoms. The van der Waals surface area contributed by atoms with Crippen molar-refractivity contribution in [1.82, 2.24) is 4.90 Å². The van der Waals surface area contributed by atoms with Crippen molar-refractivity contribution < 1.29 is 4.39 Å². The Morgan fingerprint density at radius 1 is 1.33 bits per heavy atom. The molecule has 0 aliphatic carbocycles. The van der Waals surface area contributed by atoms with Crippen LogP contribution in [0.1, 0.15) is 24.3 Å². The van der Waals surface area contributed by atoms with E-state index < -0.39 is 0 Å². The minimum Gasteiger partial charge on any atom is -0.378 e. The Kier molecular flexibility index (Phi) is 2.76. The first kappa shape index (κ1) is 10.2. The van der Waals surface area contributed by atoms with Crippen molar-refractivity contribution in [3.63, 3.8) is 0 Å². The fraction of sp³-hybridized carbons (Fsp3) is 0.385. The van der Waals surface area contributed by atoms with Gasteiger partial charge in [0.05, 0.1) is 0 Å². The number of halogens is 1. The van der Waals surface area contributed by atoms with Gasteiger partial charge in [0.25, 0.3) is 0 Å². The summed E-state index contributed by atoms with van der Waals surface area (Å²) in [5.41, 5.74) is 2.40. The van der Waals surface area contributed by atoms with Crippen LogP contribution in [0.25, 0.3) is 0 Å². The van der Waals surface area contributed by atoms with E-state index in [-0.39, 0.29) is 5.82 Å². The van der Waals surface area contributed by atoms with Crippen molar-refractivity contribution in [1.29, 1.82) is 0 Å². The van der Waals surface area contributed by atoms with Gasteiger partial charge in [0.2, 0.25) is 0 Å². The minimum atomic E-state index is -0.162. The van der Waals surface area contributed by atoms with Crippen LogP contribution in [0.4, 0.5) is 4.39 Å². The molecule has 0 aromatic heterocycles. The quantitative estimate of drug-likeness (QED) is 0.680. The van der Waals surface area contributed by atoms with Crippen molar-refractivity contribution in [2.45, 2.75) is 18.8 Å². The summed E-state index contributed by atoms with van der Waals surface area (Å²) in [6.07, 6.45) is 2.11. The van der Waals surface area contributed by atoms with E-state index in [0.29, 0.717) is 5.92 Å². The first-order chi connectivity index (χ1) is 7.16. The van der Waals surface area contributed by atoms with E-state index >= 15 is 0 Å². The van der Waals surface area contributed by atoms with Crippen molar-refractivity contribution in [3.8, 4) is 0 Å². The number of rotatable bonds is 1. The van der Waals surface area contributed by atoms with Crippen LogP contribution in [0, 0.1) is 5.82 Å². The fourth-order valence-corrected chi connectivity index (χ4v) is 2.07. The Bertz CT molecular complexity index is 355. The zero-order valence-electron chi connectivity index (χ0n) is 9.04. The van der Waals surface area contributed by atoms with E-state index in [0.717, 1.165) is 19.4 Å². The lowest BCUT2D eigenvalue weighted by atomic mass is 9.88. The fourth-order valence-electron chi connectivity index (χ4n) is 2.07. The topological polar surface area (TPSA) is 3.24 Å². The zero-order valence-corrected chi connectivity index (χ0v) is 9.04. The third-order valence-electron chi connectivity index (χ3n) is 3.18. The largest absolute Gasteiger partial charge is 0.378 e. The number of hydrogen-bond acceptors (Lipinski definition) is 1. The molecule has 1 aromatic rings. The van der Waals surface area contributed by atoms with Crippen molar-refractivity contribution in [2.24, 2.45) is 0 Å². The Balaban J connectivity index is 2.12. The van der Waals surface area contributed by atoms with Gasteiger partial charge in [-0.1, -0.05) is 18.7 Å². The molecule has 2 rings (SSSR count). The molecule has 1 fully saturated rings. The smallest absolute Gasteiger partial charge is 0.123 e. The molecule has 1 aliphatic rings. The van der Waals surface area contributed by atoms with E-state index in [4.69, 9.17) is 0 Å². The summed E-state index contributed by atoms with van der Waals surface area (Å²) in [7, 11) is 2.07. The number of likely N-dealkylation sites (tertiary alicyclic amines) is 1. The second-order valence-electron chi connectivity index (χ2n) is 4.23. The predicted octanol–water partition coefficient (Wildman–Crippen LogP) is 3.15. The molecule has 0 N–H and O–H groups in total. The summed E-state index contributed by atoms with van der Waals surface area (Å²) in [4.78, 5) is 2.19. The molecule has 2 heteroatoms. The van der Waals surface area contributed by atoms with Gasteiger partial charge in [-0.25, -0.2) is 4.39 Å². The number of nitrogens with zero attached hydrogens (tertiary/aromatic N) is 1. The first-order valence-corrected chi connectivity index (χ1v) is 5.31. The lowest BCUT2D eigenvalue weighted by Gasteiger charge is -2.32. The normalized spacial score (nSPS) is 21.9. The molecule has 1 atom stereocenters. The Labute approximate surface area is 90.2 Å². The van der Waals surface area contributed by atoms with E-state index in [2.05, 4.69) is 18.5 Å². The summed E-state index contributed by atoms with van der Waals surface area (Å²) in [5.74, 6) is 0.347. The summed E-state index contributed by atoms with van der Waals surface area (Å²) in [6.45, 7) is 5.08. The third-order valence-corrected chi connectivity index (χ3v) is 3.18. The molecule has 0 radical (unpaired) electrons. The summed E-state index contributed by atoms with van der Waals surface area (Å²) in [5, 5.41) is 0. The van der Waals surface area contributed by atoms with E-state index in [1.54, 1.807) is 0 Å². The zero-order chi connectivity index (χ0) is 10.8. The van der Waals surface area contributed by atoms with Crippen molar-refractivity contribution in [2.75, 3.05) is 13.6 Å². The van der Waals surface area contributed by atoms with Crippen LogP contribution in [0.3, 0.4) is 0 Å². The molecule has 0 spiro atoms. The third kappa shape index (κ3) is 2.20. The summed E-state index contributed by atoms with van der Waals surface area (Å²) < 4.78 is 12.8. The van der Waals surface area contributed by atoms with E-state index in [9.17, 15) is 4.39 Å². The molecule has 1 saturated heterocycles. The van der Waals surface area contributed by atoms with Crippen LogP contribution in [-0.4, -0.2) is 18.5 Å². The Morgan fingerprint density at radius 2 is 2.00 bits per heavy atom. The molecule has 1 nitrogen and oxygen atoms in total. The maximum absolute atomic E-state index is 12.8. The molecule has 80 valence electrons. The van der Waals surface area contributed by atoms with Gasteiger partial charge in [-0.3, -0.25) is 0 Å². The van der Waals surface area contributed by atoms with Crippen molar-refractivity contribution in [3.05, 3.63) is 47.9 Å². The van der Waals surface area contributed by atoms with Crippen LogP contribution >= 0.6 is 0 Å². The molecule has 1 heterocycles. The maximum atomic E-state index is 12.8. The van der Waals surface area contributed by atoms with Gasteiger partial charge in [0.15, 0.2) is 0 Å². The maximum Gasteiger partial charge on any atom is 0.123 e. The number of allylic oxidation sites excluding steroid dienone is 1. The van der Waals surface area contributed by atoms with Gasteiger partial charge >= 0.3 is 0 Å². The lowest BCUT2D eigenvalue weighted by molar-refractivity contribution is 0.321. The SMILES string of the molecule is C=C1CC(c2ccc(F)cc2)CCN1C. The molecular weight excluding hydrogens is 189 g/mol. The molecular formula is C13H16FN. The Morgan fingerprint density at radius 3 is 2.60 bits per heavy atom. The highest BCUT2D eigenvalue weighted by Gasteiger charge is 2.20. The monoisotopic (exact) mass is 205 g/mol. The standard InChI is InChI=1S/C13H16FN/c1-10-9-12(7-8-15(10)2)11-3-5-13(14)6-4-11/h3-6,12H,1,7-9H2,2H3. The first-order valence-electron chi connectivity index (χ1n) is 5.31. The van der Waals surface area contributed by atoms with Gasteiger partial charge in [0, 0.05) is 19.3 Å². The average molecular weight is 205 g/mol. The van der Waals surface area contributed by atoms with Crippen LogP contribution in [0.15, 0.2) is 36.5 Å². The highest BCUT2D eigenvalue weighted by atomic mass is 19.1. The number of hydrogen-bond donors (Lipinski definition) is 0. The molecule has 0 saturated carbocycles. The second-order valence-corrected chi connectivity index (χ2v) is 4.23. The van der Waals surface area contributed by atoms with Gasteiger partial charge < -0.3 is 4.90 Å². The lowest BCUT2D eigenvalue weighted by Crippen LogP contribution is -2.26. The van der Waals surface area contributed by atoms with Gasteiger partial charge in [-0.2, -0.15) is 0 Å². The van der Waals surface area contributed by atoms with E-state index in [1.807, 2.05) is 12.1 Å². The van der Waals surface area contributed by atoms with Crippen LogP contribution in [0.5, 0.6) is 0 Å². The second kappa shape index (κ2) is 4.05. The van der Waals surface area contributed by atoms with Gasteiger partial charge in [-0.05, 0) is 36.5 Å². The average Bonchev–Trinajstić information content (AvgIpc) is 2.23. The Hall–Kier alpha value is -1.31. The number of benzene rings is 1. The molecule has 0 amide bonds. The van der Waals surface area contributed by atoms with Gasteiger partial charge in [0.1, 0.15) is 5.82 Å². The summed E-state index contributed by atoms with van der Waals surface area (Å²) in [6, 6.07) is 6.85. The minimum absolute atomic E-state index is 0.162. The molecule has 1 aromatic carbocycles. The molecule has 15 heavy (non-hydrogen) atoms. The van der Waals surface area contributed by atoms with Gasteiger partial charge in [-0.15, -0.1) is 0 Å². The summed E-state index contributed by atoms with van der Waals surface area (Å²) >= 11 is 0. The van der Waals surface area contributed by atoms with Crippen LogP contribution in [0.2, 0.25) is 0 Å². The predicted molar refractivity (Wildman–Crippen MR) is 60.1 cm³/mol. The molecule has 1 unspecified atom stereocenters.